The van der Waals surface area contributed by atoms with E-state index in [0.29, 0.717) is 5.92 Å². The van der Waals surface area contributed by atoms with Crippen LogP contribution in [0.4, 0.5) is 0 Å². The summed E-state index contributed by atoms with van der Waals surface area (Å²) < 4.78 is 11.0. The van der Waals surface area contributed by atoms with Crippen LogP contribution in [0.25, 0.3) is 0 Å². The van der Waals surface area contributed by atoms with Crippen molar-refractivity contribution in [2.45, 2.75) is 36.9 Å². The Balaban J connectivity index is 1.75. The van der Waals surface area contributed by atoms with Crippen LogP contribution in [0.5, 0.6) is 5.75 Å². The first-order valence-electron chi connectivity index (χ1n) is 9.34. The zero-order valence-corrected chi connectivity index (χ0v) is 17.3. The fourth-order valence-electron chi connectivity index (χ4n) is 3.17. The summed E-state index contributed by atoms with van der Waals surface area (Å²) in [5, 5.41) is 6.95. The molecule has 0 bridgehead atoms. The number of hydrogen-bond acceptors (Lipinski definition) is 4. The fourth-order valence-corrected chi connectivity index (χ4v) is 3.96. The molecule has 0 aliphatic carbocycles. The van der Waals surface area contributed by atoms with Crippen molar-refractivity contribution in [3.8, 4) is 5.75 Å². The van der Waals surface area contributed by atoms with Crippen molar-refractivity contribution < 1.29 is 9.47 Å². The molecule has 2 rings (SSSR count). The summed E-state index contributed by atoms with van der Waals surface area (Å²) in [5.74, 6) is 2.27. The number of methoxy groups -OCH3 is 1. The van der Waals surface area contributed by atoms with Crippen LogP contribution >= 0.6 is 11.8 Å². The van der Waals surface area contributed by atoms with Crippen molar-refractivity contribution in [2.24, 2.45) is 4.99 Å². The third-order valence-electron chi connectivity index (χ3n) is 5.19. The van der Waals surface area contributed by atoms with Gasteiger partial charge in [-0.15, -0.1) is 0 Å². The lowest BCUT2D eigenvalue weighted by Crippen LogP contribution is -2.48. The molecule has 1 unspecified atom stereocenters. The molecular formula is C20H33N3O2S. The first-order chi connectivity index (χ1) is 12.6. The third kappa shape index (κ3) is 6.09. The molecule has 1 saturated heterocycles. The zero-order chi connectivity index (χ0) is 18.8. The van der Waals surface area contributed by atoms with Crippen LogP contribution in [-0.4, -0.2) is 57.4 Å². The molecule has 5 nitrogen and oxygen atoms in total. The first kappa shape index (κ1) is 20.9. The van der Waals surface area contributed by atoms with Gasteiger partial charge in [0, 0.05) is 38.1 Å². The summed E-state index contributed by atoms with van der Waals surface area (Å²) >= 11 is 1.94. The molecule has 1 heterocycles. The maximum absolute atomic E-state index is 5.51. The molecule has 1 aromatic carbocycles. The maximum atomic E-state index is 5.51. The SMILES string of the molecule is CN=C(NCCC(C)c1ccc(OC)cc1)NCC1(SC)CCOCC1. The molecule has 2 N–H and O–H groups in total. The van der Waals surface area contributed by atoms with Crippen LogP contribution in [0.15, 0.2) is 29.3 Å². The average molecular weight is 380 g/mol. The van der Waals surface area contributed by atoms with Crippen molar-refractivity contribution in [3.63, 3.8) is 0 Å². The van der Waals surface area contributed by atoms with E-state index in [2.05, 4.69) is 40.9 Å². The van der Waals surface area contributed by atoms with Crippen molar-refractivity contribution >= 4 is 17.7 Å². The molecule has 1 atom stereocenters. The lowest BCUT2D eigenvalue weighted by Gasteiger charge is -2.36. The molecule has 0 radical (unpaired) electrons. The first-order valence-corrected chi connectivity index (χ1v) is 10.6. The summed E-state index contributed by atoms with van der Waals surface area (Å²) in [6.45, 7) is 5.78. The van der Waals surface area contributed by atoms with E-state index in [1.165, 1.54) is 5.56 Å². The number of guanidine groups is 1. The Morgan fingerprint density at radius 1 is 1.27 bits per heavy atom. The summed E-state index contributed by atoms with van der Waals surface area (Å²) in [5.41, 5.74) is 1.33. The van der Waals surface area contributed by atoms with E-state index in [-0.39, 0.29) is 4.75 Å². The van der Waals surface area contributed by atoms with Crippen molar-refractivity contribution in [3.05, 3.63) is 29.8 Å². The fraction of sp³-hybridized carbons (Fsp3) is 0.650. The van der Waals surface area contributed by atoms with Gasteiger partial charge in [-0.25, -0.2) is 0 Å². The van der Waals surface area contributed by atoms with E-state index in [4.69, 9.17) is 9.47 Å². The lowest BCUT2D eigenvalue weighted by molar-refractivity contribution is 0.0783. The molecule has 26 heavy (non-hydrogen) atoms. The molecule has 6 heteroatoms. The third-order valence-corrected chi connectivity index (χ3v) is 6.61. The minimum atomic E-state index is 0.256. The van der Waals surface area contributed by atoms with Gasteiger partial charge in [0.2, 0.25) is 0 Å². The number of thioether (sulfide) groups is 1. The van der Waals surface area contributed by atoms with Gasteiger partial charge in [0.25, 0.3) is 0 Å². The van der Waals surface area contributed by atoms with Crippen molar-refractivity contribution in [1.82, 2.24) is 10.6 Å². The smallest absolute Gasteiger partial charge is 0.191 e. The van der Waals surface area contributed by atoms with Gasteiger partial charge in [0.15, 0.2) is 5.96 Å². The van der Waals surface area contributed by atoms with E-state index < -0.39 is 0 Å². The summed E-state index contributed by atoms with van der Waals surface area (Å²) in [7, 11) is 3.53. The molecule has 1 aliphatic rings. The van der Waals surface area contributed by atoms with Crippen molar-refractivity contribution in [2.75, 3.05) is 46.7 Å². The highest BCUT2D eigenvalue weighted by Gasteiger charge is 2.31. The number of benzene rings is 1. The molecular weight excluding hydrogens is 346 g/mol. The molecule has 146 valence electrons. The Morgan fingerprint density at radius 2 is 1.96 bits per heavy atom. The number of nitrogens with zero attached hydrogens (tertiary/aromatic N) is 1. The minimum absolute atomic E-state index is 0.256. The molecule has 0 amide bonds. The van der Waals surface area contributed by atoms with Crippen LogP contribution in [-0.2, 0) is 4.74 Å². The highest BCUT2D eigenvalue weighted by atomic mass is 32.2. The van der Waals surface area contributed by atoms with Gasteiger partial charge in [-0.05, 0) is 49.1 Å². The Morgan fingerprint density at radius 3 is 2.54 bits per heavy atom. The van der Waals surface area contributed by atoms with Crippen molar-refractivity contribution in [1.29, 1.82) is 0 Å². The van der Waals surface area contributed by atoms with Crippen LogP contribution in [0.3, 0.4) is 0 Å². The summed E-state index contributed by atoms with van der Waals surface area (Å²) in [6, 6.07) is 8.33. The molecule has 0 saturated carbocycles. The second-order valence-corrected chi connectivity index (χ2v) is 8.09. The Bertz CT molecular complexity index is 557. The van der Waals surface area contributed by atoms with E-state index >= 15 is 0 Å². The number of hydrogen-bond donors (Lipinski definition) is 2. The van der Waals surface area contributed by atoms with E-state index in [9.17, 15) is 0 Å². The molecule has 0 aromatic heterocycles. The van der Waals surface area contributed by atoms with Gasteiger partial charge in [-0.3, -0.25) is 4.99 Å². The zero-order valence-electron chi connectivity index (χ0n) is 16.5. The Hall–Kier alpha value is -1.40. The topological polar surface area (TPSA) is 54.9 Å². The Labute approximate surface area is 162 Å². The van der Waals surface area contributed by atoms with Crippen LogP contribution < -0.4 is 15.4 Å². The highest BCUT2D eigenvalue weighted by molar-refractivity contribution is 8.00. The molecule has 1 fully saturated rings. The van der Waals surface area contributed by atoms with Gasteiger partial charge in [-0.2, -0.15) is 11.8 Å². The van der Waals surface area contributed by atoms with Gasteiger partial charge >= 0.3 is 0 Å². The normalized spacial score (nSPS) is 18.2. The Kier molecular flexibility index (Phi) is 8.59. The monoisotopic (exact) mass is 379 g/mol. The second-order valence-electron chi connectivity index (χ2n) is 6.81. The van der Waals surface area contributed by atoms with Gasteiger partial charge in [0.1, 0.15) is 5.75 Å². The standard InChI is InChI=1S/C20H33N3O2S/c1-16(17-5-7-18(24-3)8-6-17)9-12-22-19(21-2)23-15-20(26-4)10-13-25-14-11-20/h5-8,16H,9-15H2,1-4H3,(H2,21,22,23). The highest BCUT2D eigenvalue weighted by Crippen LogP contribution is 2.32. The number of ether oxygens (including phenoxy) is 2. The summed E-state index contributed by atoms with van der Waals surface area (Å²) in [6.07, 6.45) is 5.42. The number of aliphatic imine (C=N–C) groups is 1. The second kappa shape index (κ2) is 10.7. The molecule has 0 spiro atoms. The van der Waals surface area contributed by atoms with Gasteiger partial charge in [-0.1, -0.05) is 19.1 Å². The largest absolute Gasteiger partial charge is 0.497 e. The van der Waals surface area contributed by atoms with E-state index in [1.807, 2.05) is 30.9 Å². The predicted molar refractivity (Wildman–Crippen MR) is 112 cm³/mol. The van der Waals surface area contributed by atoms with Crippen LogP contribution in [0, 0.1) is 0 Å². The number of rotatable bonds is 8. The number of nitrogens with one attached hydrogen (secondary N) is 2. The summed E-state index contributed by atoms with van der Waals surface area (Å²) in [4.78, 5) is 4.37. The van der Waals surface area contributed by atoms with Crippen LogP contribution in [0.1, 0.15) is 37.7 Å². The minimum Gasteiger partial charge on any atom is -0.497 e. The maximum Gasteiger partial charge on any atom is 0.191 e. The molecule has 1 aromatic rings. The average Bonchev–Trinajstić information content (AvgIpc) is 2.71. The van der Waals surface area contributed by atoms with E-state index in [0.717, 1.165) is 57.3 Å². The van der Waals surface area contributed by atoms with Gasteiger partial charge < -0.3 is 20.1 Å². The van der Waals surface area contributed by atoms with E-state index in [1.54, 1.807) is 7.11 Å². The lowest BCUT2D eigenvalue weighted by atomic mass is 9.98. The quantitative estimate of drug-likeness (QED) is 0.536. The van der Waals surface area contributed by atoms with Crippen LogP contribution in [0.2, 0.25) is 0 Å². The molecule has 1 aliphatic heterocycles. The predicted octanol–water partition coefficient (Wildman–Crippen LogP) is 3.27. The van der Waals surface area contributed by atoms with Gasteiger partial charge in [0.05, 0.1) is 7.11 Å².